The first-order valence-corrected chi connectivity index (χ1v) is 12.2. The van der Waals surface area contributed by atoms with Crippen LogP contribution in [0.15, 0.2) is 71.9 Å². The second-order valence-electron chi connectivity index (χ2n) is 9.29. The number of oxime groups is 1. The molecular weight excluding hydrogens is 462 g/mol. The predicted octanol–water partition coefficient (Wildman–Crippen LogP) is 6.22. The number of fused-ring (bicyclic) bond motifs is 3. The van der Waals surface area contributed by atoms with Gasteiger partial charge in [0.15, 0.2) is 0 Å². The summed E-state index contributed by atoms with van der Waals surface area (Å²) >= 11 is 0. The van der Waals surface area contributed by atoms with Crippen LogP contribution >= 0.6 is 0 Å². The van der Waals surface area contributed by atoms with E-state index < -0.39 is 11.4 Å². The van der Waals surface area contributed by atoms with Crippen molar-refractivity contribution in [3.63, 3.8) is 0 Å². The van der Waals surface area contributed by atoms with Gasteiger partial charge in [-0.3, -0.25) is 4.79 Å². The zero-order valence-electron chi connectivity index (χ0n) is 21.0. The number of carbonyl (C=O) groups excluding carboxylic acids is 2. The normalized spacial score (nSPS) is 15.7. The molecule has 6 nitrogen and oxygen atoms in total. The SMILES string of the molecule is [C-]#[N+]CCC1(CCC#N)c2ccccc2-c2ccc(C(=O)/C(Cc3cccc(C)c3)=N/OC(C)=O)cc21. The van der Waals surface area contributed by atoms with Gasteiger partial charge in [-0.15, -0.1) is 0 Å². The van der Waals surface area contributed by atoms with Crippen molar-refractivity contribution in [2.75, 3.05) is 6.54 Å². The highest BCUT2D eigenvalue weighted by Crippen LogP contribution is 2.53. The van der Waals surface area contributed by atoms with Crippen molar-refractivity contribution in [3.8, 4) is 17.2 Å². The van der Waals surface area contributed by atoms with Gasteiger partial charge in [-0.2, -0.15) is 5.26 Å². The van der Waals surface area contributed by atoms with Crippen LogP contribution in [-0.4, -0.2) is 24.0 Å². The van der Waals surface area contributed by atoms with Crippen LogP contribution in [0.4, 0.5) is 0 Å². The number of benzene rings is 3. The topological polar surface area (TPSA) is 83.9 Å². The monoisotopic (exact) mass is 489 g/mol. The van der Waals surface area contributed by atoms with E-state index in [9.17, 15) is 14.9 Å². The Morgan fingerprint density at radius 3 is 2.54 bits per heavy atom. The van der Waals surface area contributed by atoms with Crippen LogP contribution < -0.4 is 0 Å². The minimum atomic E-state index is -0.603. The molecule has 6 heteroatoms. The molecule has 0 fully saturated rings. The zero-order chi connectivity index (χ0) is 26.4. The standard InChI is InChI=1S/C31H27N3O3/c1-21-8-6-9-23(18-21)19-29(34-37-22(2)35)30(36)24-12-13-26-25-10-4-5-11-27(25)31(14-7-16-32,15-17-33-3)28(26)20-24/h4-6,8-13,18,20H,7,14-15,17,19H2,1-2H3/b34-29+. The Balaban J connectivity index is 1.80. The highest BCUT2D eigenvalue weighted by molar-refractivity contribution is 6.46. The third-order valence-electron chi connectivity index (χ3n) is 6.84. The molecule has 0 N–H and O–H groups in total. The quantitative estimate of drug-likeness (QED) is 0.117. The molecule has 4 rings (SSSR count). The van der Waals surface area contributed by atoms with Crippen LogP contribution in [0, 0.1) is 24.8 Å². The molecule has 0 aliphatic heterocycles. The summed E-state index contributed by atoms with van der Waals surface area (Å²) < 4.78 is 0. The summed E-state index contributed by atoms with van der Waals surface area (Å²) in [7, 11) is 0. The van der Waals surface area contributed by atoms with Crippen molar-refractivity contribution in [3.05, 3.63) is 106 Å². The molecule has 184 valence electrons. The van der Waals surface area contributed by atoms with Crippen LogP contribution in [-0.2, 0) is 21.5 Å². The third-order valence-corrected chi connectivity index (χ3v) is 6.84. The molecule has 0 bridgehead atoms. The van der Waals surface area contributed by atoms with Gasteiger partial charge in [-0.1, -0.05) is 71.4 Å². The fourth-order valence-electron chi connectivity index (χ4n) is 5.23. The van der Waals surface area contributed by atoms with Gasteiger partial charge in [0.2, 0.25) is 12.3 Å². The summed E-state index contributed by atoms with van der Waals surface area (Å²) in [5.41, 5.74) is 6.05. The van der Waals surface area contributed by atoms with Crippen LogP contribution in [0.25, 0.3) is 16.0 Å². The summed E-state index contributed by atoms with van der Waals surface area (Å²) in [5, 5.41) is 13.3. The number of ketones is 1. The number of carbonyl (C=O) groups is 2. The molecule has 1 aliphatic rings. The molecule has 1 atom stereocenters. The average Bonchev–Trinajstić information content (AvgIpc) is 3.17. The van der Waals surface area contributed by atoms with E-state index in [0.29, 0.717) is 31.4 Å². The van der Waals surface area contributed by atoms with Crippen molar-refractivity contribution < 1.29 is 14.4 Å². The Morgan fingerprint density at radius 1 is 1.03 bits per heavy atom. The van der Waals surface area contributed by atoms with E-state index in [-0.39, 0.29) is 17.9 Å². The molecule has 0 amide bonds. The summed E-state index contributed by atoms with van der Waals surface area (Å²) in [6.45, 7) is 10.9. The van der Waals surface area contributed by atoms with Crippen LogP contribution in [0.3, 0.4) is 0 Å². The van der Waals surface area contributed by atoms with E-state index in [2.05, 4.69) is 22.1 Å². The fourth-order valence-corrected chi connectivity index (χ4v) is 5.23. The first kappa shape index (κ1) is 25.5. The van der Waals surface area contributed by atoms with Crippen LogP contribution in [0.2, 0.25) is 0 Å². The lowest BCUT2D eigenvalue weighted by Gasteiger charge is -2.30. The largest absolute Gasteiger partial charge is 0.331 e. The number of nitrogens with zero attached hydrogens (tertiary/aromatic N) is 3. The maximum Gasteiger partial charge on any atom is 0.331 e. The number of hydrogen-bond acceptors (Lipinski definition) is 5. The summed E-state index contributed by atoms with van der Waals surface area (Å²) in [6.07, 6.45) is 1.65. The second kappa shape index (κ2) is 11.0. The summed E-state index contributed by atoms with van der Waals surface area (Å²) in [4.78, 5) is 33.7. The predicted molar refractivity (Wildman–Crippen MR) is 142 cm³/mol. The Morgan fingerprint density at radius 2 is 1.81 bits per heavy atom. The van der Waals surface area contributed by atoms with Crippen molar-refractivity contribution >= 4 is 17.5 Å². The van der Waals surface area contributed by atoms with Crippen molar-refractivity contribution in [1.82, 2.24) is 0 Å². The molecule has 0 radical (unpaired) electrons. The van der Waals surface area contributed by atoms with Gasteiger partial charge in [0.05, 0.1) is 6.07 Å². The number of hydrogen-bond donors (Lipinski definition) is 0. The van der Waals surface area contributed by atoms with E-state index in [4.69, 9.17) is 11.4 Å². The Labute approximate surface area is 217 Å². The molecule has 1 unspecified atom stereocenters. The number of rotatable bonds is 9. The van der Waals surface area contributed by atoms with Gasteiger partial charge < -0.3 is 9.68 Å². The molecule has 37 heavy (non-hydrogen) atoms. The van der Waals surface area contributed by atoms with E-state index in [1.165, 1.54) is 6.92 Å². The van der Waals surface area contributed by atoms with Gasteiger partial charge in [0.1, 0.15) is 5.71 Å². The third kappa shape index (κ3) is 5.20. The highest BCUT2D eigenvalue weighted by Gasteiger charge is 2.43. The molecule has 3 aromatic carbocycles. The van der Waals surface area contributed by atoms with E-state index in [1.807, 2.05) is 61.5 Å². The van der Waals surface area contributed by atoms with Crippen molar-refractivity contribution in [2.45, 2.75) is 44.9 Å². The molecular formula is C31H27N3O3. The molecule has 0 saturated heterocycles. The summed E-state index contributed by atoms with van der Waals surface area (Å²) in [6, 6.07) is 23.6. The summed E-state index contributed by atoms with van der Waals surface area (Å²) in [5.74, 6) is -0.936. The molecule has 0 spiro atoms. The maximum atomic E-state index is 13.7. The maximum absolute atomic E-state index is 13.7. The molecule has 0 heterocycles. The lowest BCUT2D eigenvalue weighted by atomic mass is 9.71. The smallest absolute Gasteiger partial charge is 0.318 e. The number of nitriles is 1. The van der Waals surface area contributed by atoms with Crippen molar-refractivity contribution in [1.29, 1.82) is 5.26 Å². The van der Waals surface area contributed by atoms with E-state index in [0.717, 1.165) is 33.4 Å². The van der Waals surface area contributed by atoms with Crippen LogP contribution in [0.1, 0.15) is 58.8 Å². The minimum Gasteiger partial charge on any atom is -0.318 e. The highest BCUT2D eigenvalue weighted by atomic mass is 16.7. The van der Waals surface area contributed by atoms with Gasteiger partial charge >= 0.3 is 5.97 Å². The Kier molecular flexibility index (Phi) is 7.60. The molecule has 1 aliphatic carbocycles. The van der Waals surface area contributed by atoms with E-state index >= 15 is 0 Å². The number of aryl methyl sites for hydroxylation is 1. The second-order valence-corrected chi connectivity index (χ2v) is 9.29. The first-order chi connectivity index (χ1) is 17.9. The molecule has 0 aromatic heterocycles. The van der Waals surface area contributed by atoms with Crippen molar-refractivity contribution in [2.24, 2.45) is 5.16 Å². The minimum absolute atomic E-state index is 0.125. The zero-order valence-corrected chi connectivity index (χ0v) is 21.0. The fraction of sp³-hybridized carbons (Fsp3) is 0.258. The first-order valence-electron chi connectivity index (χ1n) is 12.2. The van der Waals surface area contributed by atoms with Gasteiger partial charge in [-0.05, 0) is 47.2 Å². The Hall–Kier alpha value is -4.55. The van der Waals surface area contributed by atoms with E-state index in [1.54, 1.807) is 6.07 Å². The van der Waals surface area contributed by atoms with Gasteiger partial charge in [0.25, 0.3) is 0 Å². The van der Waals surface area contributed by atoms with Crippen LogP contribution in [0.5, 0.6) is 0 Å². The molecule has 3 aromatic rings. The molecule has 0 saturated carbocycles. The number of Topliss-reactive ketones (excluding diaryl/α,β-unsaturated/α-hetero) is 1. The van der Waals surface area contributed by atoms with Gasteiger partial charge in [-0.25, -0.2) is 11.4 Å². The van der Waals surface area contributed by atoms with Gasteiger partial charge in [0, 0.05) is 37.2 Å². The lowest BCUT2D eigenvalue weighted by molar-refractivity contribution is -0.140. The lowest BCUT2D eigenvalue weighted by Crippen LogP contribution is -2.27. The Bertz CT molecular complexity index is 1460. The average molecular weight is 490 g/mol.